The first-order valence-corrected chi connectivity index (χ1v) is 11.2. The quantitative estimate of drug-likeness (QED) is 0.521. The highest BCUT2D eigenvalue weighted by Gasteiger charge is 2.45. The molecule has 1 aliphatic rings. The van der Waals surface area contributed by atoms with Gasteiger partial charge in [0.2, 0.25) is 5.78 Å². The molecule has 0 saturated carbocycles. The number of hydrogen-bond donors (Lipinski definition) is 1. The molecule has 4 rings (SSSR count). The SMILES string of the molecule is CCOc1cccc(C2C(C(=O)c3sc(C)nc3C)=C(O)C(=O)N2c2ccc(C)cc2)c1. The predicted octanol–water partition coefficient (Wildman–Crippen LogP) is 5.25. The second-order valence-electron chi connectivity index (χ2n) is 7.66. The van der Waals surface area contributed by atoms with Crippen LogP contribution in [0.4, 0.5) is 5.69 Å². The van der Waals surface area contributed by atoms with Crippen molar-refractivity contribution in [3.05, 3.63) is 86.6 Å². The van der Waals surface area contributed by atoms with Crippen LogP contribution in [0.3, 0.4) is 0 Å². The van der Waals surface area contributed by atoms with Crippen molar-refractivity contribution in [3.8, 4) is 5.75 Å². The molecule has 6 nitrogen and oxygen atoms in total. The predicted molar refractivity (Wildman–Crippen MR) is 125 cm³/mol. The van der Waals surface area contributed by atoms with E-state index in [1.807, 2.05) is 63.2 Å². The first kappa shape index (κ1) is 21.8. The van der Waals surface area contributed by atoms with E-state index < -0.39 is 17.7 Å². The number of aliphatic hydroxyl groups is 1. The summed E-state index contributed by atoms with van der Waals surface area (Å²) < 4.78 is 5.64. The third kappa shape index (κ3) is 3.80. The molecule has 0 radical (unpaired) electrons. The average Bonchev–Trinajstić information content (AvgIpc) is 3.24. The number of rotatable bonds is 6. The zero-order valence-corrected chi connectivity index (χ0v) is 19.2. The van der Waals surface area contributed by atoms with Crippen LogP contribution in [0.2, 0.25) is 0 Å². The Morgan fingerprint density at radius 1 is 1.16 bits per heavy atom. The largest absolute Gasteiger partial charge is 0.503 e. The van der Waals surface area contributed by atoms with Gasteiger partial charge in [-0.25, -0.2) is 4.98 Å². The van der Waals surface area contributed by atoms with Gasteiger partial charge in [0.05, 0.1) is 33.8 Å². The van der Waals surface area contributed by atoms with Gasteiger partial charge in [-0.1, -0.05) is 29.8 Å². The average molecular weight is 449 g/mol. The first-order chi connectivity index (χ1) is 15.3. The van der Waals surface area contributed by atoms with Gasteiger partial charge in [0.25, 0.3) is 5.91 Å². The Labute approximate surface area is 190 Å². The smallest absolute Gasteiger partial charge is 0.294 e. The van der Waals surface area contributed by atoms with Gasteiger partial charge < -0.3 is 9.84 Å². The summed E-state index contributed by atoms with van der Waals surface area (Å²) in [5.41, 5.74) is 2.95. The van der Waals surface area contributed by atoms with E-state index in [0.29, 0.717) is 34.2 Å². The van der Waals surface area contributed by atoms with Crippen molar-refractivity contribution in [2.24, 2.45) is 0 Å². The Morgan fingerprint density at radius 3 is 2.50 bits per heavy atom. The van der Waals surface area contributed by atoms with Gasteiger partial charge in [-0.3, -0.25) is 14.5 Å². The minimum Gasteiger partial charge on any atom is -0.503 e. The van der Waals surface area contributed by atoms with Crippen LogP contribution in [0.25, 0.3) is 0 Å². The fraction of sp³-hybridized carbons (Fsp3) is 0.240. The lowest BCUT2D eigenvalue weighted by atomic mass is 9.94. The first-order valence-electron chi connectivity index (χ1n) is 10.4. The highest BCUT2D eigenvalue weighted by molar-refractivity contribution is 7.14. The van der Waals surface area contributed by atoms with Crippen LogP contribution in [-0.4, -0.2) is 28.4 Å². The Balaban J connectivity index is 1.89. The molecule has 0 fully saturated rings. The number of thiazole rings is 1. The Kier molecular flexibility index (Phi) is 5.84. The third-order valence-corrected chi connectivity index (χ3v) is 6.43. The molecule has 164 valence electrons. The van der Waals surface area contributed by atoms with E-state index in [9.17, 15) is 14.7 Å². The van der Waals surface area contributed by atoms with Crippen LogP contribution < -0.4 is 9.64 Å². The number of ketones is 1. The van der Waals surface area contributed by atoms with Gasteiger partial charge >= 0.3 is 0 Å². The molecule has 0 saturated heterocycles. The summed E-state index contributed by atoms with van der Waals surface area (Å²) in [5.74, 6) is -0.902. The minimum atomic E-state index is -0.792. The summed E-state index contributed by atoms with van der Waals surface area (Å²) in [6.07, 6.45) is 0. The van der Waals surface area contributed by atoms with E-state index in [1.54, 1.807) is 13.0 Å². The summed E-state index contributed by atoms with van der Waals surface area (Å²) in [6.45, 7) is 7.91. The number of aryl methyl sites for hydroxylation is 3. The fourth-order valence-corrected chi connectivity index (χ4v) is 4.80. The zero-order valence-electron chi connectivity index (χ0n) is 18.4. The molecule has 1 N–H and O–H groups in total. The molecule has 3 aromatic rings. The number of aromatic nitrogens is 1. The standard InChI is InChI=1S/C25H24N2O4S/c1-5-31-19-8-6-7-17(13-19)21-20(22(28)24-15(3)26-16(4)32-24)23(29)25(30)27(21)18-11-9-14(2)10-12-18/h6-13,21,29H,5H2,1-4H3. The van der Waals surface area contributed by atoms with Crippen LogP contribution in [-0.2, 0) is 4.79 Å². The van der Waals surface area contributed by atoms with Crippen molar-refractivity contribution in [3.63, 3.8) is 0 Å². The molecule has 2 aromatic carbocycles. The van der Waals surface area contributed by atoms with E-state index in [4.69, 9.17) is 4.74 Å². The maximum Gasteiger partial charge on any atom is 0.294 e. The second kappa shape index (κ2) is 8.59. The molecule has 1 atom stereocenters. The fourth-order valence-electron chi connectivity index (χ4n) is 3.93. The van der Waals surface area contributed by atoms with Crippen molar-refractivity contribution in [2.75, 3.05) is 11.5 Å². The number of hydrogen-bond acceptors (Lipinski definition) is 6. The number of anilines is 1. The topological polar surface area (TPSA) is 79.7 Å². The van der Waals surface area contributed by atoms with Gasteiger partial charge in [-0.15, -0.1) is 11.3 Å². The zero-order chi connectivity index (χ0) is 23.0. The lowest BCUT2D eigenvalue weighted by Crippen LogP contribution is -2.31. The Morgan fingerprint density at radius 2 is 1.88 bits per heavy atom. The van der Waals surface area contributed by atoms with E-state index in [1.165, 1.54) is 16.2 Å². The normalized spacial score (nSPS) is 16.1. The monoisotopic (exact) mass is 448 g/mol. The van der Waals surface area contributed by atoms with Crippen molar-refractivity contribution in [1.29, 1.82) is 0 Å². The number of Topliss-reactive ketones (excluding diaryl/α,β-unsaturated/α-hetero) is 1. The van der Waals surface area contributed by atoms with E-state index in [-0.39, 0.29) is 11.4 Å². The molecule has 1 aromatic heterocycles. The number of benzene rings is 2. The summed E-state index contributed by atoms with van der Waals surface area (Å²) in [4.78, 5) is 33.1. The Bertz CT molecular complexity index is 1230. The number of nitrogens with zero attached hydrogens (tertiary/aromatic N) is 2. The number of aliphatic hydroxyl groups excluding tert-OH is 1. The highest BCUT2D eigenvalue weighted by Crippen LogP contribution is 2.43. The molecular weight excluding hydrogens is 424 g/mol. The molecule has 0 spiro atoms. The van der Waals surface area contributed by atoms with Gasteiger partial charge in [0.1, 0.15) is 5.75 Å². The minimum absolute atomic E-state index is 0.0518. The summed E-state index contributed by atoms with van der Waals surface area (Å²) >= 11 is 1.26. The lowest BCUT2D eigenvalue weighted by Gasteiger charge is -2.27. The van der Waals surface area contributed by atoms with Gasteiger partial charge in [-0.05, 0) is 57.5 Å². The lowest BCUT2D eigenvalue weighted by molar-refractivity contribution is -0.117. The maximum atomic E-state index is 13.6. The maximum absolute atomic E-state index is 13.6. The molecule has 1 aliphatic heterocycles. The van der Waals surface area contributed by atoms with Gasteiger partial charge in [0.15, 0.2) is 5.76 Å². The van der Waals surface area contributed by atoms with Crippen molar-refractivity contribution >= 4 is 28.7 Å². The van der Waals surface area contributed by atoms with E-state index >= 15 is 0 Å². The number of carbonyl (C=O) groups excluding carboxylic acids is 2. The summed E-state index contributed by atoms with van der Waals surface area (Å²) in [7, 11) is 0. The third-order valence-electron chi connectivity index (χ3n) is 5.36. The summed E-state index contributed by atoms with van der Waals surface area (Å²) in [5, 5.41) is 11.6. The molecule has 1 unspecified atom stereocenters. The van der Waals surface area contributed by atoms with Gasteiger partial charge in [-0.2, -0.15) is 0 Å². The van der Waals surface area contributed by atoms with Crippen LogP contribution in [0.1, 0.15) is 44.5 Å². The number of carbonyl (C=O) groups is 2. The van der Waals surface area contributed by atoms with Crippen LogP contribution in [0.15, 0.2) is 59.9 Å². The van der Waals surface area contributed by atoms with Crippen molar-refractivity contribution in [2.45, 2.75) is 33.7 Å². The van der Waals surface area contributed by atoms with E-state index in [0.717, 1.165) is 10.6 Å². The Hall–Kier alpha value is -3.45. The molecule has 0 aliphatic carbocycles. The molecule has 2 heterocycles. The van der Waals surface area contributed by atoms with Gasteiger partial charge in [0, 0.05) is 5.69 Å². The summed E-state index contributed by atoms with van der Waals surface area (Å²) in [6, 6.07) is 13.9. The molecule has 7 heteroatoms. The molecule has 32 heavy (non-hydrogen) atoms. The van der Waals surface area contributed by atoms with Crippen LogP contribution in [0.5, 0.6) is 5.75 Å². The van der Waals surface area contributed by atoms with E-state index in [2.05, 4.69) is 4.98 Å². The van der Waals surface area contributed by atoms with Crippen LogP contribution >= 0.6 is 11.3 Å². The van der Waals surface area contributed by atoms with Crippen molar-refractivity contribution in [1.82, 2.24) is 4.98 Å². The highest BCUT2D eigenvalue weighted by atomic mass is 32.1. The van der Waals surface area contributed by atoms with Crippen molar-refractivity contribution < 1.29 is 19.4 Å². The molecule has 1 amide bonds. The molecule has 0 bridgehead atoms. The number of ether oxygens (including phenoxy) is 1. The second-order valence-corrected chi connectivity index (χ2v) is 8.86. The molecular formula is C25H24N2O4S. The van der Waals surface area contributed by atoms with Crippen LogP contribution in [0, 0.1) is 20.8 Å². The number of amides is 1.